The molecule has 2 fully saturated rings. The molecule has 0 saturated carbocycles. The molecule has 0 amide bonds. The molecule has 2 aliphatic rings. The first-order valence-electron chi connectivity index (χ1n) is 11.5. The van der Waals surface area contributed by atoms with Gasteiger partial charge in [0.05, 0.1) is 15.4 Å². The zero-order chi connectivity index (χ0) is 24.5. The van der Waals surface area contributed by atoms with E-state index in [4.69, 9.17) is 26.8 Å². The number of thioether (sulfide) groups is 1. The first-order valence-corrected chi connectivity index (χ1v) is 13.5. The van der Waals surface area contributed by atoms with E-state index < -0.39 is 5.79 Å². The van der Waals surface area contributed by atoms with Gasteiger partial charge in [0, 0.05) is 16.3 Å². The van der Waals surface area contributed by atoms with Crippen molar-refractivity contribution < 1.29 is 9.47 Å². The van der Waals surface area contributed by atoms with E-state index in [2.05, 4.69) is 60.6 Å². The number of nitrogens with two attached hydrogens (primary N) is 1. The molecule has 0 bridgehead atoms. The van der Waals surface area contributed by atoms with Gasteiger partial charge in [-0.15, -0.1) is 11.8 Å². The Morgan fingerprint density at radius 1 is 1.17 bits per heavy atom. The highest BCUT2D eigenvalue weighted by molar-refractivity contribution is 9.10. The van der Waals surface area contributed by atoms with E-state index in [9.17, 15) is 0 Å². The van der Waals surface area contributed by atoms with E-state index in [1.54, 1.807) is 0 Å². The van der Waals surface area contributed by atoms with Crippen molar-refractivity contribution in [3.63, 3.8) is 0 Å². The summed E-state index contributed by atoms with van der Waals surface area (Å²) < 4.78 is 15.7. The number of nitrogens with zero attached hydrogens (tertiary/aromatic N) is 4. The van der Waals surface area contributed by atoms with Crippen molar-refractivity contribution in [2.24, 2.45) is 0 Å². The third-order valence-electron chi connectivity index (χ3n) is 6.91. The molecule has 0 radical (unpaired) electrons. The van der Waals surface area contributed by atoms with Crippen molar-refractivity contribution in [3.05, 3.63) is 58.0 Å². The van der Waals surface area contributed by atoms with Crippen LogP contribution in [0, 0.1) is 0 Å². The molecular weight excluding hydrogens is 550 g/mol. The average Bonchev–Trinajstić information content (AvgIpc) is 3.45. The van der Waals surface area contributed by atoms with Gasteiger partial charge in [0.15, 0.2) is 5.79 Å². The summed E-state index contributed by atoms with van der Waals surface area (Å²) in [5, 5.41) is 2.36. The monoisotopic (exact) mass is 573 g/mol. The fourth-order valence-electron chi connectivity index (χ4n) is 5.19. The van der Waals surface area contributed by atoms with Crippen molar-refractivity contribution in [1.29, 1.82) is 0 Å². The highest BCUT2D eigenvalue weighted by Gasteiger charge is 2.60. The Kier molecular flexibility index (Phi) is 5.58. The molecule has 0 aliphatic carbocycles. The minimum absolute atomic E-state index is 0.00524. The number of hydrogen-bond acceptors (Lipinski definition) is 7. The van der Waals surface area contributed by atoms with E-state index in [0.717, 1.165) is 39.3 Å². The van der Waals surface area contributed by atoms with Crippen LogP contribution in [-0.2, 0) is 15.9 Å². The molecule has 1 aromatic carbocycles. The van der Waals surface area contributed by atoms with Crippen molar-refractivity contribution >= 4 is 67.0 Å². The SMILES string of the molecule is CC1(C)O[C@H]2[C@H](n3ccc4c(Cl)ncnc43)S[C@](C)(CCc3ccc4cc(Br)c(N)nc4c3)[C@H]2O1. The van der Waals surface area contributed by atoms with Gasteiger partial charge in [-0.05, 0) is 73.3 Å². The van der Waals surface area contributed by atoms with Crippen LogP contribution in [0.3, 0.4) is 0 Å². The normalized spacial score (nSPS) is 27.6. The Hall–Kier alpha value is -1.91. The maximum atomic E-state index is 6.49. The van der Waals surface area contributed by atoms with Gasteiger partial charge in [0.25, 0.3) is 0 Å². The second kappa shape index (κ2) is 8.31. The molecule has 35 heavy (non-hydrogen) atoms. The summed E-state index contributed by atoms with van der Waals surface area (Å²) >= 11 is 11.7. The molecule has 182 valence electrons. The lowest BCUT2D eigenvalue weighted by molar-refractivity contribution is -0.151. The summed E-state index contributed by atoms with van der Waals surface area (Å²) in [6.07, 6.45) is 5.16. The number of ether oxygens (including phenoxy) is 2. The molecule has 2 aliphatic heterocycles. The van der Waals surface area contributed by atoms with Gasteiger partial charge in [-0.1, -0.05) is 23.7 Å². The molecule has 2 saturated heterocycles. The second-order valence-corrected chi connectivity index (χ2v) is 12.7. The maximum Gasteiger partial charge on any atom is 0.163 e. The molecule has 7 nitrogen and oxygen atoms in total. The summed E-state index contributed by atoms with van der Waals surface area (Å²) in [6.45, 7) is 6.25. The molecule has 4 atom stereocenters. The Morgan fingerprint density at radius 2 is 2.00 bits per heavy atom. The van der Waals surface area contributed by atoms with Gasteiger partial charge in [0.1, 0.15) is 40.5 Å². The van der Waals surface area contributed by atoms with Crippen LogP contribution in [0.25, 0.3) is 21.9 Å². The van der Waals surface area contributed by atoms with Crippen LogP contribution >= 0.6 is 39.3 Å². The van der Waals surface area contributed by atoms with Crippen molar-refractivity contribution in [3.8, 4) is 0 Å². The van der Waals surface area contributed by atoms with Crippen LogP contribution in [-0.4, -0.2) is 42.3 Å². The Balaban J connectivity index is 1.31. The number of anilines is 1. The predicted molar refractivity (Wildman–Crippen MR) is 144 cm³/mol. The largest absolute Gasteiger partial charge is 0.383 e. The zero-order valence-electron chi connectivity index (χ0n) is 19.5. The number of halogens is 2. The molecule has 2 N–H and O–H groups in total. The number of aryl methyl sites for hydroxylation is 1. The standard InChI is InChI=1S/C25H25BrClN5O2S/c1-24(2)33-18-19(34-24)25(3,35-23(18)32-9-7-15-20(27)29-12-30-22(15)32)8-6-13-4-5-14-11-16(26)21(28)31-17(14)10-13/h4-5,7,9-12,18-19,23H,6,8H2,1-3H3,(H2,28,31)/t18-,19+,23-,25-/m1/s1. The lowest BCUT2D eigenvalue weighted by Crippen LogP contribution is -2.38. The summed E-state index contributed by atoms with van der Waals surface area (Å²) in [5.74, 6) is -0.149. The van der Waals surface area contributed by atoms with Gasteiger partial charge >= 0.3 is 0 Å². The number of benzene rings is 1. The van der Waals surface area contributed by atoms with E-state index in [1.807, 2.05) is 43.9 Å². The van der Waals surface area contributed by atoms with Gasteiger partial charge in [-0.25, -0.2) is 15.0 Å². The molecule has 6 rings (SSSR count). The summed E-state index contributed by atoms with van der Waals surface area (Å²) in [5.41, 5.74) is 8.94. The molecule has 0 spiro atoms. The molecule has 3 aromatic heterocycles. The molecular formula is C25H25BrClN5O2S. The lowest BCUT2D eigenvalue weighted by atomic mass is 9.92. The van der Waals surface area contributed by atoms with Gasteiger partial charge in [-0.2, -0.15) is 0 Å². The number of aromatic nitrogens is 4. The highest BCUT2D eigenvalue weighted by atomic mass is 79.9. The number of rotatable bonds is 4. The Morgan fingerprint density at radius 3 is 2.83 bits per heavy atom. The topological polar surface area (TPSA) is 88.1 Å². The summed E-state index contributed by atoms with van der Waals surface area (Å²) in [6, 6.07) is 10.4. The molecule has 0 unspecified atom stereocenters. The smallest absolute Gasteiger partial charge is 0.163 e. The number of fused-ring (bicyclic) bond motifs is 3. The fraction of sp³-hybridized carbons (Fsp3) is 0.400. The highest BCUT2D eigenvalue weighted by Crippen LogP contribution is 2.58. The second-order valence-electron chi connectivity index (χ2n) is 9.85. The summed E-state index contributed by atoms with van der Waals surface area (Å²) in [7, 11) is 0. The van der Waals surface area contributed by atoms with Crippen LogP contribution in [0.1, 0.15) is 38.1 Å². The van der Waals surface area contributed by atoms with Crippen LogP contribution in [0.2, 0.25) is 5.15 Å². The zero-order valence-corrected chi connectivity index (χ0v) is 22.7. The number of nitrogen functional groups attached to an aromatic ring is 1. The van der Waals surface area contributed by atoms with Crippen molar-refractivity contribution in [2.45, 2.75) is 61.7 Å². The van der Waals surface area contributed by atoms with Crippen LogP contribution < -0.4 is 5.73 Å². The quantitative estimate of drug-likeness (QED) is 0.293. The van der Waals surface area contributed by atoms with Gasteiger partial charge in [-0.3, -0.25) is 0 Å². The van der Waals surface area contributed by atoms with E-state index in [1.165, 1.54) is 11.9 Å². The van der Waals surface area contributed by atoms with E-state index in [-0.39, 0.29) is 22.3 Å². The average molecular weight is 575 g/mol. The molecule has 4 aromatic rings. The first-order chi connectivity index (χ1) is 16.6. The Bertz CT molecular complexity index is 1460. The van der Waals surface area contributed by atoms with Crippen molar-refractivity contribution in [1.82, 2.24) is 19.5 Å². The van der Waals surface area contributed by atoms with Crippen LogP contribution in [0.15, 0.2) is 47.3 Å². The third kappa shape index (κ3) is 4.01. The van der Waals surface area contributed by atoms with Gasteiger partial charge in [0.2, 0.25) is 0 Å². The fourth-order valence-corrected chi connectivity index (χ4v) is 7.42. The van der Waals surface area contributed by atoms with E-state index in [0.29, 0.717) is 11.0 Å². The number of pyridine rings is 1. The third-order valence-corrected chi connectivity index (χ3v) is 9.56. The van der Waals surface area contributed by atoms with E-state index >= 15 is 0 Å². The van der Waals surface area contributed by atoms with Crippen LogP contribution in [0.4, 0.5) is 5.82 Å². The Labute approximate surface area is 220 Å². The van der Waals surface area contributed by atoms with Crippen molar-refractivity contribution in [2.75, 3.05) is 5.73 Å². The lowest BCUT2D eigenvalue weighted by Gasteiger charge is -2.31. The molecule has 5 heterocycles. The maximum absolute atomic E-state index is 6.49. The van der Waals surface area contributed by atoms with Crippen LogP contribution in [0.5, 0.6) is 0 Å². The predicted octanol–water partition coefficient (Wildman–Crippen LogP) is 6.13. The number of hydrogen-bond donors (Lipinski definition) is 1. The minimum Gasteiger partial charge on any atom is -0.383 e. The van der Waals surface area contributed by atoms with Gasteiger partial charge < -0.3 is 19.8 Å². The summed E-state index contributed by atoms with van der Waals surface area (Å²) in [4.78, 5) is 13.2. The molecule has 10 heteroatoms. The minimum atomic E-state index is -0.650. The first kappa shape index (κ1) is 23.5.